The number of piperazine rings is 1. The van der Waals surface area contributed by atoms with Crippen LogP contribution >= 0.6 is 0 Å². The van der Waals surface area contributed by atoms with Gasteiger partial charge in [0.2, 0.25) is 0 Å². The maximum Gasteiger partial charge on any atom is 0.251 e. The third kappa shape index (κ3) is 5.45. The molecular formula is C34H37N9O. The van der Waals surface area contributed by atoms with Crippen molar-refractivity contribution in [3.05, 3.63) is 70.6 Å². The van der Waals surface area contributed by atoms with Crippen molar-refractivity contribution < 1.29 is 4.79 Å². The van der Waals surface area contributed by atoms with Crippen LogP contribution in [0, 0.1) is 18.8 Å². The van der Waals surface area contributed by atoms with Gasteiger partial charge in [0.15, 0.2) is 5.65 Å². The molecule has 2 aliphatic rings. The molecule has 44 heavy (non-hydrogen) atoms. The van der Waals surface area contributed by atoms with E-state index in [9.17, 15) is 4.79 Å². The SMILES string of the molecule is Cc1cnc(C(C)NC(=O)c2ccc(-c3nc4cnc5n[nH]c(C#CCN6CCN(C)CC6)c5c4c4c3CCCC4)cc2)[nH]1. The molecule has 1 atom stereocenters. The monoisotopic (exact) mass is 587 g/mol. The summed E-state index contributed by atoms with van der Waals surface area (Å²) in [6, 6.07) is 7.52. The van der Waals surface area contributed by atoms with E-state index in [1.165, 1.54) is 11.1 Å². The number of hydrogen-bond acceptors (Lipinski definition) is 7. The Labute approximate surface area is 256 Å². The van der Waals surface area contributed by atoms with E-state index >= 15 is 0 Å². The topological polar surface area (TPSA) is 119 Å². The Morgan fingerprint density at radius 2 is 1.80 bits per heavy atom. The van der Waals surface area contributed by atoms with Crippen LogP contribution < -0.4 is 5.32 Å². The minimum absolute atomic E-state index is 0.139. The molecule has 1 unspecified atom stereocenters. The van der Waals surface area contributed by atoms with Crippen LogP contribution in [-0.2, 0) is 12.8 Å². The highest BCUT2D eigenvalue weighted by atomic mass is 16.1. The van der Waals surface area contributed by atoms with Gasteiger partial charge in [0.25, 0.3) is 5.91 Å². The van der Waals surface area contributed by atoms with Crippen molar-refractivity contribution in [1.82, 2.24) is 45.2 Å². The van der Waals surface area contributed by atoms with Crippen LogP contribution in [0.4, 0.5) is 0 Å². The van der Waals surface area contributed by atoms with E-state index < -0.39 is 0 Å². The van der Waals surface area contributed by atoms with Crippen molar-refractivity contribution in [1.29, 1.82) is 0 Å². The van der Waals surface area contributed by atoms with Crippen molar-refractivity contribution in [2.45, 2.75) is 45.6 Å². The summed E-state index contributed by atoms with van der Waals surface area (Å²) in [5, 5.41) is 12.8. The van der Waals surface area contributed by atoms with Gasteiger partial charge in [-0.3, -0.25) is 14.8 Å². The third-order valence-electron chi connectivity index (χ3n) is 8.86. The number of likely N-dealkylation sites (N-methyl/N-ethyl adjacent to an activating group) is 1. The first-order valence-electron chi connectivity index (χ1n) is 15.5. The van der Waals surface area contributed by atoms with Gasteiger partial charge in [-0.25, -0.2) is 15.0 Å². The molecule has 1 amide bonds. The molecule has 7 rings (SSSR count). The number of fused-ring (bicyclic) bond motifs is 5. The van der Waals surface area contributed by atoms with Gasteiger partial charge in [0.05, 0.1) is 35.4 Å². The second-order valence-corrected chi connectivity index (χ2v) is 12.0. The van der Waals surface area contributed by atoms with E-state index in [-0.39, 0.29) is 11.9 Å². The number of aromatic amines is 2. The van der Waals surface area contributed by atoms with Crippen LogP contribution in [0.5, 0.6) is 0 Å². The predicted octanol–water partition coefficient (Wildman–Crippen LogP) is 4.17. The van der Waals surface area contributed by atoms with Gasteiger partial charge in [-0.05, 0) is 75.8 Å². The molecule has 1 aromatic carbocycles. The Balaban J connectivity index is 1.20. The summed E-state index contributed by atoms with van der Waals surface area (Å²) in [5.74, 6) is 7.36. The number of carbonyl (C=O) groups is 1. The van der Waals surface area contributed by atoms with Gasteiger partial charge in [-0.2, -0.15) is 5.10 Å². The standard InChI is InChI=1S/C34H37N9O/c1-21-19-35-32(37-21)22(2)38-34(44)24-12-10-23(11-13-24)31-26-8-5-4-7-25(26)29-28(39-31)20-36-33-30(29)27(40-41-33)9-6-14-43-17-15-42(3)16-18-43/h10-13,19-20,22H,4-5,7-8,14-18H2,1-3H3,(H,35,37)(H,38,44)(H,36,40,41). The molecule has 0 radical (unpaired) electrons. The van der Waals surface area contributed by atoms with Gasteiger partial charge in [0, 0.05) is 54.6 Å². The van der Waals surface area contributed by atoms with Crippen LogP contribution in [-0.4, -0.2) is 85.6 Å². The number of amides is 1. The molecule has 1 fully saturated rings. The highest BCUT2D eigenvalue weighted by molar-refractivity contribution is 6.08. The number of imidazole rings is 1. The van der Waals surface area contributed by atoms with E-state index in [0.29, 0.717) is 11.2 Å². The molecule has 0 bridgehead atoms. The number of carbonyl (C=O) groups excluding carboxylic acids is 1. The molecule has 0 spiro atoms. The van der Waals surface area contributed by atoms with E-state index in [0.717, 1.165) is 103 Å². The number of pyridine rings is 2. The number of H-pyrrole nitrogens is 2. The largest absolute Gasteiger partial charge is 0.344 e. The Bertz CT molecular complexity index is 1900. The van der Waals surface area contributed by atoms with E-state index in [4.69, 9.17) is 4.98 Å². The second kappa shape index (κ2) is 11.8. The fraction of sp³-hybridized carbons (Fsp3) is 0.382. The lowest BCUT2D eigenvalue weighted by atomic mass is 9.85. The molecule has 0 saturated carbocycles. The average Bonchev–Trinajstić information content (AvgIpc) is 3.68. The number of aromatic nitrogens is 6. The Morgan fingerprint density at radius 3 is 2.55 bits per heavy atom. The third-order valence-corrected chi connectivity index (χ3v) is 8.86. The number of hydrogen-bond donors (Lipinski definition) is 3. The van der Waals surface area contributed by atoms with Crippen molar-refractivity contribution in [3.63, 3.8) is 0 Å². The predicted molar refractivity (Wildman–Crippen MR) is 171 cm³/mol. The molecule has 1 aliphatic heterocycles. The molecule has 10 heteroatoms. The summed E-state index contributed by atoms with van der Waals surface area (Å²) in [6.07, 6.45) is 7.78. The fourth-order valence-corrected chi connectivity index (χ4v) is 6.35. The van der Waals surface area contributed by atoms with Gasteiger partial charge >= 0.3 is 0 Å². The number of aryl methyl sites for hydroxylation is 2. The van der Waals surface area contributed by atoms with Crippen LogP contribution in [0.15, 0.2) is 36.7 Å². The zero-order chi connectivity index (χ0) is 30.2. The van der Waals surface area contributed by atoms with Crippen LogP contribution in [0.1, 0.15) is 64.5 Å². The number of benzene rings is 1. The molecule has 1 saturated heterocycles. The number of rotatable bonds is 5. The fourth-order valence-electron chi connectivity index (χ4n) is 6.35. The van der Waals surface area contributed by atoms with Crippen molar-refractivity contribution >= 4 is 27.8 Å². The van der Waals surface area contributed by atoms with E-state index in [2.05, 4.69) is 59.2 Å². The van der Waals surface area contributed by atoms with Crippen molar-refractivity contribution in [2.24, 2.45) is 0 Å². The summed E-state index contributed by atoms with van der Waals surface area (Å²) >= 11 is 0. The maximum atomic E-state index is 13.0. The van der Waals surface area contributed by atoms with Gasteiger partial charge in [0.1, 0.15) is 11.5 Å². The van der Waals surface area contributed by atoms with Crippen LogP contribution in [0.25, 0.3) is 33.2 Å². The van der Waals surface area contributed by atoms with Gasteiger partial charge < -0.3 is 15.2 Å². The first kappa shape index (κ1) is 28.2. The second-order valence-electron chi connectivity index (χ2n) is 12.0. The minimum Gasteiger partial charge on any atom is -0.344 e. The average molecular weight is 588 g/mol. The summed E-state index contributed by atoms with van der Waals surface area (Å²) in [6.45, 7) is 8.83. The molecule has 4 aromatic heterocycles. The smallest absolute Gasteiger partial charge is 0.251 e. The summed E-state index contributed by atoms with van der Waals surface area (Å²) in [4.78, 5) is 35.1. The molecule has 1 aliphatic carbocycles. The lowest BCUT2D eigenvalue weighted by Gasteiger charge is -2.30. The first-order chi connectivity index (χ1) is 21.4. The number of nitrogens with one attached hydrogen (secondary N) is 3. The quantitative estimate of drug-likeness (QED) is 0.264. The maximum absolute atomic E-state index is 13.0. The molecular weight excluding hydrogens is 550 g/mol. The number of nitrogens with zero attached hydrogens (tertiary/aromatic N) is 6. The molecule has 5 heterocycles. The molecule has 5 aromatic rings. The van der Waals surface area contributed by atoms with E-state index in [1.54, 1.807) is 6.20 Å². The molecule has 10 nitrogen and oxygen atoms in total. The van der Waals surface area contributed by atoms with Crippen LogP contribution in [0.3, 0.4) is 0 Å². The van der Waals surface area contributed by atoms with Crippen LogP contribution in [0.2, 0.25) is 0 Å². The highest BCUT2D eigenvalue weighted by Crippen LogP contribution is 2.38. The van der Waals surface area contributed by atoms with Crippen molar-refractivity contribution in [2.75, 3.05) is 39.8 Å². The normalized spacial score (nSPS) is 16.4. The summed E-state index contributed by atoms with van der Waals surface area (Å²) < 4.78 is 0. The van der Waals surface area contributed by atoms with Gasteiger partial charge in [-0.15, -0.1) is 0 Å². The zero-order valence-corrected chi connectivity index (χ0v) is 25.5. The first-order valence-corrected chi connectivity index (χ1v) is 15.5. The lowest BCUT2D eigenvalue weighted by molar-refractivity contribution is 0.0938. The summed E-state index contributed by atoms with van der Waals surface area (Å²) in [7, 11) is 2.16. The molecule has 224 valence electrons. The van der Waals surface area contributed by atoms with Gasteiger partial charge in [-0.1, -0.05) is 18.1 Å². The minimum atomic E-state index is -0.223. The molecule has 3 N–H and O–H groups in total. The Hall–Kier alpha value is -4.59. The highest BCUT2D eigenvalue weighted by Gasteiger charge is 2.23. The van der Waals surface area contributed by atoms with E-state index in [1.807, 2.05) is 44.3 Å². The van der Waals surface area contributed by atoms with Crippen molar-refractivity contribution in [3.8, 4) is 23.1 Å². The summed E-state index contributed by atoms with van der Waals surface area (Å²) in [5.41, 5.74) is 8.44. The lowest BCUT2D eigenvalue weighted by Crippen LogP contribution is -2.44. The Kier molecular flexibility index (Phi) is 7.58. The Morgan fingerprint density at radius 1 is 1.02 bits per heavy atom. The zero-order valence-electron chi connectivity index (χ0n) is 25.5.